The Kier molecular flexibility index (Phi) is 2.94. The first-order valence-corrected chi connectivity index (χ1v) is 3.87. The zero-order chi connectivity index (χ0) is 8.97. The van der Waals surface area contributed by atoms with E-state index < -0.39 is 0 Å². The molecule has 0 amide bonds. The molecule has 1 unspecified atom stereocenters. The minimum Gasteiger partial charge on any atom is -0.321 e. The van der Waals surface area contributed by atoms with Crippen LogP contribution in [0.2, 0.25) is 0 Å². The second-order valence-electron chi connectivity index (χ2n) is 2.95. The average Bonchev–Trinajstić information content (AvgIpc) is 2.05. The van der Waals surface area contributed by atoms with Crippen LogP contribution in [-0.2, 0) is 0 Å². The van der Waals surface area contributed by atoms with E-state index >= 15 is 0 Å². The Morgan fingerprint density at radius 3 is 2.75 bits per heavy atom. The Balaban J connectivity index is 2.79. The molecule has 64 valence electrons. The summed E-state index contributed by atoms with van der Waals surface area (Å²) >= 11 is 0. The molecule has 3 heteroatoms. The molecule has 0 aliphatic carbocycles. The molecular formula is C9H13N3. The fourth-order valence-corrected chi connectivity index (χ4v) is 0.953. The molecule has 12 heavy (non-hydrogen) atoms. The van der Waals surface area contributed by atoms with Gasteiger partial charge >= 0.3 is 0 Å². The predicted molar refractivity (Wildman–Crippen MR) is 48.4 cm³/mol. The summed E-state index contributed by atoms with van der Waals surface area (Å²) in [6.07, 6.45) is 5.33. The highest BCUT2D eigenvalue weighted by Crippen LogP contribution is 2.10. The first kappa shape index (κ1) is 8.87. The number of hydrogen-bond acceptors (Lipinski definition) is 3. The van der Waals surface area contributed by atoms with Crippen molar-refractivity contribution in [3.63, 3.8) is 0 Å². The van der Waals surface area contributed by atoms with E-state index in [1.54, 1.807) is 12.4 Å². The first-order valence-electron chi connectivity index (χ1n) is 3.87. The Morgan fingerprint density at radius 1 is 1.50 bits per heavy atom. The van der Waals surface area contributed by atoms with E-state index in [-0.39, 0.29) is 6.04 Å². The van der Waals surface area contributed by atoms with Crippen molar-refractivity contribution in [2.24, 2.45) is 5.73 Å². The number of aromatic nitrogens is 2. The van der Waals surface area contributed by atoms with Crippen LogP contribution < -0.4 is 5.73 Å². The molecule has 1 rings (SSSR count). The molecule has 0 aromatic carbocycles. The molecule has 0 spiro atoms. The van der Waals surface area contributed by atoms with E-state index in [1.807, 2.05) is 26.0 Å². The number of nitrogens with two attached hydrogens (primary N) is 1. The lowest BCUT2D eigenvalue weighted by atomic mass is 10.1. The van der Waals surface area contributed by atoms with Crippen LogP contribution in [0, 0.1) is 0 Å². The third-order valence-corrected chi connectivity index (χ3v) is 1.50. The van der Waals surface area contributed by atoms with Crippen LogP contribution in [0.25, 0.3) is 0 Å². The molecule has 1 heterocycles. The summed E-state index contributed by atoms with van der Waals surface area (Å²) in [5.41, 5.74) is 8.05. The third-order valence-electron chi connectivity index (χ3n) is 1.50. The highest BCUT2D eigenvalue weighted by Gasteiger charge is 2.00. The van der Waals surface area contributed by atoms with E-state index in [1.165, 1.54) is 5.57 Å². The normalized spacial score (nSPS) is 12.2. The number of allylic oxidation sites excluding steroid dienone is 1. The zero-order valence-electron chi connectivity index (χ0n) is 7.36. The van der Waals surface area contributed by atoms with Crippen LogP contribution in [0.4, 0.5) is 0 Å². The number of hydrogen-bond donors (Lipinski definition) is 1. The van der Waals surface area contributed by atoms with Crippen molar-refractivity contribution in [1.82, 2.24) is 10.2 Å². The number of nitrogens with zero attached hydrogens (tertiary/aromatic N) is 2. The molecule has 2 N–H and O–H groups in total. The quantitative estimate of drug-likeness (QED) is 0.671. The molecule has 1 aromatic rings. The van der Waals surface area contributed by atoms with Gasteiger partial charge in [0.25, 0.3) is 0 Å². The summed E-state index contributed by atoms with van der Waals surface area (Å²) in [5.74, 6) is 0. The maximum Gasteiger partial charge on any atom is 0.0547 e. The zero-order valence-corrected chi connectivity index (χ0v) is 7.36. The van der Waals surface area contributed by atoms with Crippen molar-refractivity contribution in [1.29, 1.82) is 0 Å². The van der Waals surface area contributed by atoms with Crippen LogP contribution in [0.15, 0.2) is 30.1 Å². The van der Waals surface area contributed by atoms with Crippen molar-refractivity contribution in [2.75, 3.05) is 0 Å². The van der Waals surface area contributed by atoms with E-state index in [0.29, 0.717) is 0 Å². The van der Waals surface area contributed by atoms with Gasteiger partial charge in [0, 0.05) is 12.2 Å². The van der Waals surface area contributed by atoms with Crippen molar-refractivity contribution < 1.29 is 0 Å². The molecular weight excluding hydrogens is 150 g/mol. The van der Waals surface area contributed by atoms with Gasteiger partial charge in [0.05, 0.1) is 6.20 Å². The molecule has 3 nitrogen and oxygen atoms in total. The van der Waals surface area contributed by atoms with Crippen LogP contribution >= 0.6 is 0 Å². The largest absolute Gasteiger partial charge is 0.321 e. The Bertz CT molecular complexity index is 262. The summed E-state index contributed by atoms with van der Waals surface area (Å²) in [6, 6.07) is 1.81. The van der Waals surface area contributed by atoms with Crippen molar-refractivity contribution in [3.05, 3.63) is 35.7 Å². The number of rotatable bonds is 2. The summed E-state index contributed by atoms with van der Waals surface area (Å²) in [7, 11) is 0. The van der Waals surface area contributed by atoms with E-state index in [2.05, 4.69) is 10.2 Å². The lowest BCUT2D eigenvalue weighted by Crippen LogP contribution is -2.07. The topological polar surface area (TPSA) is 51.8 Å². The Labute approximate surface area is 72.3 Å². The molecule has 0 aliphatic heterocycles. The summed E-state index contributed by atoms with van der Waals surface area (Å²) in [5, 5.41) is 7.43. The molecule has 0 fully saturated rings. The fourth-order valence-electron chi connectivity index (χ4n) is 0.953. The van der Waals surface area contributed by atoms with E-state index in [0.717, 1.165) is 5.56 Å². The molecule has 1 aromatic heterocycles. The Morgan fingerprint density at radius 2 is 2.25 bits per heavy atom. The van der Waals surface area contributed by atoms with Crippen LogP contribution in [0.5, 0.6) is 0 Å². The van der Waals surface area contributed by atoms with E-state index in [9.17, 15) is 0 Å². The molecule has 0 aliphatic rings. The van der Waals surface area contributed by atoms with Crippen LogP contribution in [0.1, 0.15) is 25.5 Å². The van der Waals surface area contributed by atoms with Gasteiger partial charge in [-0.2, -0.15) is 10.2 Å². The standard InChI is InChI=1S/C9H13N3/c1-7(2)5-9(10)8-3-4-11-12-6-8/h3-6,9H,10H2,1-2H3. The average molecular weight is 163 g/mol. The van der Waals surface area contributed by atoms with Gasteiger partial charge in [0.15, 0.2) is 0 Å². The maximum absolute atomic E-state index is 5.85. The third kappa shape index (κ3) is 2.43. The Hall–Kier alpha value is -1.22. The van der Waals surface area contributed by atoms with Gasteiger partial charge in [-0.25, -0.2) is 0 Å². The van der Waals surface area contributed by atoms with Gasteiger partial charge in [0.2, 0.25) is 0 Å². The maximum atomic E-state index is 5.85. The van der Waals surface area contributed by atoms with Gasteiger partial charge in [-0.3, -0.25) is 0 Å². The monoisotopic (exact) mass is 163 g/mol. The van der Waals surface area contributed by atoms with Crippen molar-refractivity contribution in [3.8, 4) is 0 Å². The molecule has 0 saturated carbocycles. The first-order chi connectivity index (χ1) is 5.70. The van der Waals surface area contributed by atoms with Crippen molar-refractivity contribution in [2.45, 2.75) is 19.9 Å². The summed E-state index contributed by atoms with van der Waals surface area (Å²) < 4.78 is 0. The van der Waals surface area contributed by atoms with Crippen LogP contribution in [0.3, 0.4) is 0 Å². The highest BCUT2D eigenvalue weighted by molar-refractivity contribution is 5.18. The van der Waals surface area contributed by atoms with E-state index in [4.69, 9.17) is 5.73 Å². The van der Waals surface area contributed by atoms with Crippen molar-refractivity contribution >= 4 is 0 Å². The lowest BCUT2D eigenvalue weighted by Gasteiger charge is -2.05. The van der Waals surface area contributed by atoms with Gasteiger partial charge in [-0.05, 0) is 25.5 Å². The minimum atomic E-state index is -0.0644. The van der Waals surface area contributed by atoms with Gasteiger partial charge < -0.3 is 5.73 Å². The predicted octanol–water partition coefficient (Wildman–Crippen LogP) is 1.44. The SMILES string of the molecule is CC(C)=CC(N)c1ccnnc1. The minimum absolute atomic E-state index is 0.0644. The molecule has 0 radical (unpaired) electrons. The molecule has 1 atom stereocenters. The fraction of sp³-hybridized carbons (Fsp3) is 0.333. The second kappa shape index (κ2) is 3.97. The molecule has 0 saturated heterocycles. The van der Waals surface area contributed by atoms with Crippen LogP contribution in [-0.4, -0.2) is 10.2 Å². The van der Waals surface area contributed by atoms with Gasteiger partial charge in [-0.15, -0.1) is 0 Å². The highest BCUT2D eigenvalue weighted by atomic mass is 15.1. The smallest absolute Gasteiger partial charge is 0.0547 e. The summed E-state index contributed by atoms with van der Waals surface area (Å²) in [6.45, 7) is 4.04. The van der Waals surface area contributed by atoms with Gasteiger partial charge in [0.1, 0.15) is 0 Å². The lowest BCUT2D eigenvalue weighted by molar-refractivity contribution is 0.868. The summed E-state index contributed by atoms with van der Waals surface area (Å²) in [4.78, 5) is 0. The molecule has 0 bridgehead atoms. The van der Waals surface area contributed by atoms with Gasteiger partial charge in [-0.1, -0.05) is 11.6 Å². The second-order valence-corrected chi connectivity index (χ2v) is 2.95.